The molecular formula is C27H29BrN2O5. The van der Waals surface area contributed by atoms with E-state index in [1.807, 2.05) is 43.3 Å². The van der Waals surface area contributed by atoms with Gasteiger partial charge in [-0.15, -0.1) is 0 Å². The van der Waals surface area contributed by atoms with E-state index in [1.165, 1.54) is 0 Å². The lowest BCUT2D eigenvalue weighted by Gasteiger charge is -2.29. The maximum atomic E-state index is 13.3. The quantitative estimate of drug-likeness (QED) is 0.340. The monoisotopic (exact) mass is 540 g/mol. The number of fused-ring (bicyclic) bond motifs is 1. The molecule has 2 fully saturated rings. The van der Waals surface area contributed by atoms with E-state index in [0.29, 0.717) is 25.3 Å². The van der Waals surface area contributed by atoms with Crippen LogP contribution in [0, 0.1) is 0 Å². The summed E-state index contributed by atoms with van der Waals surface area (Å²) in [7, 11) is 0. The van der Waals surface area contributed by atoms with Crippen molar-refractivity contribution in [2.45, 2.75) is 31.9 Å². The van der Waals surface area contributed by atoms with Gasteiger partial charge in [0, 0.05) is 42.6 Å². The Morgan fingerprint density at radius 2 is 1.91 bits per heavy atom. The fourth-order valence-electron chi connectivity index (χ4n) is 5.15. The van der Waals surface area contributed by atoms with E-state index in [1.54, 1.807) is 11.0 Å². The molecule has 2 atom stereocenters. The Labute approximate surface area is 213 Å². The molecule has 0 bridgehead atoms. The van der Waals surface area contributed by atoms with Gasteiger partial charge >= 0.3 is 0 Å². The van der Waals surface area contributed by atoms with Crippen LogP contribution in [0.4, 0.5) is 0 Å². The summed E-state index contributed by atoms with van der Waals surface area (Å²) < 4.78 is 12.0. The molecule has 0 radical (unpaired) electrons. The van der Waals surface area contributed by atoms with Crippen LogP contribution in [0.1, 0.15) is 36.1 Å². The molecule has 3 aliphatic heterocycles. The number of aliphatic hydroxyl groups excluding tert-OH is 1. The second-order valence-corrected chi connectivity index (χ2v) is 10.2. The van der Waals surface area contributed by atoms with Gasteiger partial charge in [0.15, 0.2) is 0 Å². The molecule has 3 heterocycles. The van der Waals surface area contributed by atoms with Crippen LogP contribution in [0.5, 0.6) is 5.75 Å². The first-order valence-corrected chi connectivity index (χ1v) is 12.9. The second-order valence-electron chi connectivity index (χ2n) is 9.31. The Hall–Kier alpha value is -2.68. The van der Waals surface area contributed by atoms with E-state index < -0.39 is 17.7 Å². The van der Waals surface area contributed by atoms with Crippen molar-refractivity contribution in [3.05, 3.63) is 69.2 Å². The van der Waals surface area contributed by atoms with E-state index in [-0.39, 0.29) is 17.4 Å². The molecule has 0 aliphatic carbocycles. The maximum absolute atomic E-state index is 13.3. The van der Waals surface area contributed by atoms with Crippen LogP contribution in [0.2, 0.25) is 0 Å². The van der Waals surface area contributed by atoms with Crippen molar-refractivity contribution in [3.63, 3.8) is 0 Å². The number of morpholine rings is 1. The number of likely N-dealkylation sites (tertiary alicyclic amines) is 1. The van der Waals surface area contributed by atoms with Gasteiger partial charge in [0.2, 0.25) is 0 Å². The molecule has 184 valence electrons. The van der Waals surface area contributed by atoms with Gasteiger partial charge in [-0.1, -0.05) is 28.1 Å². The Bertz CT molecular complexity index is 1170. The summed E-state index contributed by atoms with van der Waals surface area (Å²) >= 11 is 3.51. The molecule has 0 aromatic heterocycles. The number of ether oxygens (including phenoxy) is 2. The normalized spacial score (nSPS) is 24.0. The predicted octanol–water partition coefficient (Wildman–Crippen LogP) is 3.92. The van der Waals surface area contributed by atoms with E-state index >= 15 is 0 Å². The topological polar surface area (TPSA) is 79.3 Å². The minimum absolute atomic E-state index is 0.0705. The van der Waals surface area contributed by atoms with E-state index in [2.05, 4.69) is 20.8 Å². The van der Waals surface area contributed by atoms with Crippen LogP contribution in [0.15, 0.2) is 52.5 Å². The van der Waals surface area contributed by atoms with Crippen molar-refractivity contribution < 1.29 is 24.2 Å². The number of benzene rings is 2. The van der Waals surface area contributed by atoms with Crippen LogP contribution in [-0.4, -0.2) is 72.1 Å². The standard InChI is InChI=1S/C27H29BrN2O5/c1-17-14-20-15-19(6-7-22(20)35-17)25(31)23-24(18-4-2-5-21(28)16-18)30(27(33)26(23)32)9-3-8-29-10-12-34-13-11-29/h2,4-7,15-17,24,31H,3,8-14H2,1H3. The lowest BCUT2D eigenvalue weighted by atomic mass is 9.94. The number of aliphatic hydroxyl groups is 1. The summed E-state index contributed by atoms with van der Waals surface area (Å²) in [5, 5.41) is 11.4. The van der Waals surface area contributed by atoms with E-state index in [9.17, 15) is 14.7 Å². The van der Waals surface area contributed by atoms with Crippen LogP contribution in [0.3, 0.4) is 0 Å². The highest BCUT2D eigenvalue weighted by atomic mass is 79.9. The molecule has 1 N–H and O–H groups in total. The predicted molar refractivity (Wildman–Crippen MR) is 135 cm³/mol. The van der Waals surface area contributed by atoms with Gasteiger partial charge in [0.25, 0.3) is 11.7 Å². The Kier molecular flexibility index (Phi) is 6.95. The van der Waals surface area contributed by atoms with Crippen LogP contribution >= 0.6 is 15.9 Å². The Morgan fingerprint density at radius 1 is 1.11 bits per heavy atom. The van der Waals surface area contributed by atoms with Crippen molar-refractivity contribution in [1.82, 2.24) is 9.80 Å². The van der Waals surface area contributed by atoms with Crippen molar-refractivity contribution in [3.8, 4) is 5.75 Å². The van der Waals surface area contributed by atoms with Crippen molar-refractivity contribution in [1.29, 1.82) is 0 Å². The molecule has 0 saturated carbocycles. The van der Waals surface area contributed by atoms with Gasteiger partial charge in [-0.05, 0) is 54.8 Å². The zero-order valence-corrected chi connectivity index (χ0v) is 21.3. The fourth-order valence-corrected chi connectivity index (χ4v) is 5.57. The average molecular weight is 541 g/mol. The van der Waals surface area contributed by atoms with Gasteiger partial charge in [0.05, 0.1) is 24.8 Å². The number of halogens is 1. The Balaban J connectivity index is 1.48. The lowest BCUT2D eigenvalue weighted by molar-refractivity contribution is -0.140. The van der Waals surface area contributed by atoms with Crippen LogP contribution < -0.4 is 4.74 Å². The highest BCUT2D eigenvalue weighted by molar-refractivity contribution is 9.10. The van der Waals surface area contributed by atoms with Gasteiger partial charge < -0.3 is 19.5 Å². The summed E-state index contributed by atoms with van der Waals surface area (Å²) in [4.78, 5) is 30.4. The molecule has 5 rings (SSSR count). The van der Waals surface area contributed by atoms with Crippen LogP contribution in [-0.2, 0) is 20.7 Å². The molecule has 2 aromatic rings. The summed E-state index contributed by atoms with van der Waals surface area (Å²) in [6.45, 7) is 6.41. The smallest absolute Gasteiger partial charge is 0.295 e. The first-order valence-electron chi connectivity index (χ1n) is 12.1. The molecule has 2 saturated heterocycles. The number of nitrogens with zero attached hydrogens (tertiary/aromatic N) is 2. The summed E-state index contributed by atoms with van der Waals surface area (Å²) in [6, 6.07) is 12.3. The number of hydrogen-bond donors (Lipinski definition) is 1. The molecule has 2 unspecified atom stereocenters. The summed E-state index contributed by atoms with van der Waals surface area (Å²) in [5.74, 6) is -0.576. The van der Waals surface area contributed by atoms with Gasteiger partial charge in [-0.3, -0.25) is 14.5 Å². The highest BCUT2D eigenvalue weighted by Gasteiger charge is 2.46. The summed E-state index contributed by atoms with van der Waals surface area (Å²) in [6.07, 6.45) is 1.54. The van der Waals surface area contributed by atoms with Crippen molar-refractivity contribution >= 4 is 33.4 Å². The van der Waals surface area contributed by atoms with E-state index in [0.717, 1.165) is 53.8 Å². The number of ketones is 1. The van der Waals surface area contributed by atoms with Crippen molar-refractivity contribution in [2.24, 2.45) is 0 Å². The third kappa shape index (κ3) is 4.87. The second kappa shape index (κ2) is 10.1. The third-order valence-electron chi connectivity index (χ3n) is 6.85. The third-order valence-corrected chi connectivity index (χ3v) is 7.34. The Morgan fingerprint density at radius 3 is 2.69 bits per heavy atom. The molecule has 0 spiro atoms. The first-order chi connectivity index (χ1) is 16.9. The van der Waals surface area contributed by atoms with Gasteiger partial charge in [-0.2, -0.15) is 0 Å². The number of hydrogen-bond acceptors (Lipinski definition) is 6. The minimum atomic E-state index is -0.652. The first kappa shape index (κ1) is 24.0. The molecule has 7 nitrogen and oxygen atoms in total. The zero-order valence-electron chi connectivity index (χ0n) is 19.7. The molecule has 3 aliphatic rings. The lowest BCUT2D eigenvalue weighted by Crippen LogP contribution is -2.38. The van der Waals surface area contributed by atoms with Gasteiger partial charge in [-0.25, -0.2) is 0 Å². The number of carbonyl (C=O) groups excluding carboxylic acids is 2. The van der Waals surface area contributed by atoms with E-state index in [4.69, 9.17) is 9.47 Å². The number of rotatable bonds is 6. The number of Topliss-reactive ketones (excluding diaryl/α,β-unsaturated/α-hetero) is 1. The molecule has 8 heteroatoms. The van der Waals surface area contributed by atoms with Crippen molar-refractivity contribution in [2.75, 3.05) is 39.4 Å². The highest BCUT2D eigenvalue weighted by Crippen LogP contribution is 2.41. The largest absolute Gasteiger partial charge is 0.507 e. The SMILES string of the molecule is CC1Cc2cc(C(O)=C3C(=O)C(=O)N(CCCN4CCOCC4)C3c3cccc(Br)c3)ccc2O1. The average Bonchev–Trinajstić information content (AvgIpc) is 3.35. The number of carbonyl (C=O) groups is 2. The molecular weight excluding hydrogens is 512 g/mol. The molecule has 1 amide bonds. The number of amides is 1. The molecule has 2 aromatic carbocycles. The summed E-state index contributed by atoms with van der Waals surface area (Å²) in [5.41, 5.74) is 2.42. The minimum Gasteiger partial charge on any atom is -0.507 e. The fraction of sp³-hybridized carbons (Fsp3) is 0.407. The van der Waals surface area contributed by atoms with Crippen LogP contribution in [0.25, 0.3) is 5.76 Å². The molecule has 35 heavy (non-hydrogen) atoms. The van der Waals surface area contributed by atoms with Gasteiger partial charge in [0.1, 0.15) is 17.6 Å². The maximum Gasteiger partial charge on any atom is 0.295 e. The zero-order chi connectivity index (χ0) is 24.5.